The van der Waals surface area contributed by atoms with E-state index in [9.17, 15) is 19.2 Å². The second-order valence-corrected chi connectivity index (χ2v) is 19.5. The molecule has 57 heavy (non-hydrogen) atoms. The van der Waals surface area contributed by atoms with Crippen LogP contribution in [0.15, 0.2) is 60.7 Å². The topological polar surface area (TPSA) is 179 Å². The predicted molar refractivity (Wildman–Crippen MR) is 223 cm³/mol. The van der Waals surface area contributed by atoms with Crippen LogP contribution in [0.2, 0.25) is 0 Å². The van der Waals surface area contributed by atoms with Gasteiger partial charge in [0.1, 0.15) is 0 Å². The maximum atomic E-state index is 13.4. The van der Waals surface area contributed by atoms with Gasteiger partial charge < -0.3 is 18.1 Å². The number of imide groups is 2. The highest BCUT2D eigenvalue weighted by Gasteiger charge is 2.35. The van der Waals surface area contributed by atoms with E-state index in [1.54, 1.807) is 21.6 Å². The maximum absolute atomic E-state index is 13.4. The molecule has 6 rings (SSSR count). The molecule has 0 saturated carbocycles. The van der Waals surface area contributed by atoms with E-state index in [4.69, 9.17) is 17.5 Å². The summed E-state index contributed by atoms with van der Waals surface area (Å²) in [5.74, 6) is 0.530. The quantitative estimate of drug-likeness (QED) is 0.0387. The lowest BCUT2D eigenvalue weighted by atomic mass is 9.91. The number of hydrazine groups is 2. The lowest BCUT2D eigenvalue weighted by Crippen LogP contribution is -2.50. The average Bonchev–Trinajstić information content (AvgIpc) is 3.12. The highest BCUT2D eigenvalue weighted by molar-refractivity contribution is 8.76. The molecule has 306 valence electrons. The lowest BCUT2D eigenvalue weighted by molar-refractivity contribution is -0.870. The minimum Gasteiger partial charge on any atom is -0.759 e. The summed E-state index contributed by atoms with van der Waals surface area (Å²) in [4.78, 5) is 53.7. The fourth-order valence-corrected chi connectivity index (χ4v) is 9.00. The van der Waals surface area contributed by atoms with Crippen molar-refractivity contribution in [3.05, 3.63) is 94.0 Å². The standard InChI is InChI=1S/C40H50N6O4S2.H2O4S/c1-45(2,3)23-9-21-41-43-37(47)31-13-7-11-29-27(15-17-33(35(29)31)39(43)49)19-25-51-52-26-20-28-16-18-34-36-30(28)12-8-14-32(36)38(48)44(40(34)50)42-22-10-24-46(4,5)6;1-5(2,3)4/h7-8,11-18,41-42H,9-10,19-26H2,1-6H3;(H2,1,2,3,4)/q+2;/p-2. The first-order valence-electron chi connectivity index (χ1n) is 18.6. The Morgan fingerprint density at radius 2 is 0.895 bits per heavy atom. The van der Waals surface area contributed by atoms with Crippen molar-refractivity contribution < 1.29 is 45.7 Å². The van der Waals surface area contributed by atoms with E-state index >= 15 is 0 Å². The molecule has 2 aliphatic heterocycles. The maximum Gasteiger partial charge on any atom is 0.275 e. The molecule has 2 aliphatic rings. The fraction of sp³-hybridized carbons (Fsp3) is 0.400. The number of hydrogen-bond acceptors (Lipinski definition) is 12. The summed E-state index contributed by atoms with van der Waals surface area (Å²) < 4.78 is 35.7. The molecule has 0 radical (unpaired) electrons. The number of carbonyl (C=O) groups is 4. The molecule has 0 bridgehead atoms. The highest BCUT2D eigenvalue weighted by atomic mass is 33.1. The first kappa shape index (κ1) is 44.2. The van der Waals surface area contributed by atoms with Gasteiger partial charge in [-0.2, -0.15) is 0 Å². The van der Waals surface area contributed by atoms with Gasteiger partial charge in [0.25, 0.3) is 23.6 Å². The van der Waals surface area contributed by atoms with E-state index in [-0.39, 0.29) is 23.6 Å². The van der Waals surface area contributed by atoms with Crippen LogP contribution in [0.4, 0.5) is 0 Å². The zero-order chi connectivity index (χ0) is 41.7. The van der Waals surface area contributed by atoms with Gasteiger partial charge in [-0.25, -0.2) is 20.9 Å². The Morgan fingerprint density at radius 1 is 0.561 bits per heavy atom. The van der Waals surface area contributed by atoms with Crippen LogP contribution in [0.25, 0.3) is 21.5 Å². The summed E-state index contributed by atoms with van der Waals surface area (Å²) in [5, 5.41) is 5.77. The van der Waals surface area contributed by atoms with Crippen LogP contribution in [0.1, 0.15) is 65.4 Å². The third-order valence-electron chi connectivity index (χ3n) is 9.54. The summed E-state index contributed by atoms with van der Waals surface area (Å²) >= 11 is 0. The van der Waals surface area contributed by atoms with Crippen LogP contribution in [0.3, 0.4) is 0 Å². The Balaban J connectivity index is 0.00000117. The van der Waals surface area contributed by atoms with Crippen LogP contribution in [0.5, 0.6) is 0 Å². The predicted octanol–water partition coefficient (Wildman–Crippen LogP) is 4.22. The molecule has 4 amide bonds. The normalized spacial score (nSPS) is 14.5. The second-order valence-electron chi connectivity index (χ2n) is 16.0. The zero-order valence-electron chi connectivity index (χ0n) is 33.1. The number of hydrogen-bond donors (Lipinski definition) is 2. The van der Waals surface area contributed by atoms with Gasteiger partial charge in [-0.15, -0.1) is 0 Å². The number of carbonyl (C=O) groups excluding carboxylic acids is 4. The van der Waals surface area contributed by atoms with Gasteiger partial charge in [0.05, 0.1) is 77.6 Å². The first-order valence-corrected chi connectivity index (χ1v) is 22.4. The first-order chi connectivity index (χ1) is 26.7. The second kappa shape index (κ2) is 18.3. The van der Waals surface area contributed by atoms with Crippen LogP contribution >= 0.6 is 21.6 Å². The molecule has 14 nitrogen and oxygen atoms in total. The number of nitrogens with zero attached hydrogens (tertiary/aromatic N) is 4. The van der Waals surface area contributed by atoms with Crippen molar-refractivity contribution >= 4 is 77.2 Å². The molecule has 2 N–H and O–H groups in total. The fourth-order valence-electron chi connectivity index (χ4n) is 6.95. The number of aryl methyl sites for hydroxylation is 2. The van der Waals surface area contributed by atoms with Gasteiger partial charge in [-0.05, 0) is 59.0 Å². The third kappa shape index (κ3) is 11.4. The smallest absolute Gasteiger partial charge is 0.275 e. The van der Waals surface area contributed by atoms with Gasteiger partial charge in [-0.1, -0.05) is 58.0 Å². The summed E-state index contributed by atoms with van der Waals surface area (Å²) in [7, 11) is 11.2. The molecule has 0 aliphatic carbocycles. The van der Waals surface area contributed by atoms with Crippen molar-refractivity contribution in [2.24, 2.45) is 0 Å². The van der Waals surface area contributed by atoms with E-state index in [1.165, 1.54) is 10.0 Å². The minimum absolute atomic E-state index is 0.303. The van der Waals surface area contributed by atoms with Crippen LogP contribution in [-0.2, 0) is 23.2 Å². The van der Waals surface area contributed by atoms with Gasteiger partial charge in [0.15, 0.2) is 0 Å². The molecule has 0 spiro atoms. The number of rotatable bonds is 17. The van der Waals surface area contributed by atoms with Crippen molar-refractivity contribution in [3.8, 4) is 0 Å². The summed E-state index contributed by atoms with van der Waals surface area (Å²) in [6, 6.07) is 19.2. The van der Waals surface area contributed by atoms with Crippen molar-refractivity contribution in [1.82, 2.24) is 20.9 Å². The minimum atomic E-state index is -5.17. The van der Waals surface area contributed by atoms with Gasteiger partial charge >= 0.3 is 0 Å². The van der Waals surface area contributed by atoms with E-state index in [0.717, 1.165) is 91.9 Å². The van der Waals surface area contributed by atoms with Crippen LogP contribution < -0.4 is 10.9 Å². The third-order valence-corrected chi connectivity index (χ3v) is 11.9. The number of amides is 4. The zero-order valence-corrected chi connectivity index (χ0v) is 35.6. The van der Waals surface area contributed by atoms with Gasteiger partial charge in [-0.3, -0.25) is 27.6 Å². The molecule has 4 aromatic rings. The van der Waals surface area contributed by atoms with Crippen molar-refractivity contribution in [1.29, 1.82) is 0 Å². The van der Waals surface area contributed by atoms with Gasteiger partial charge in [0.2, 0.25) is 0 Å². The van der Waals surface area contributed by atoms with E-state index in [1.807, 2.05) is 60.7 Å². The Labute approximate surface area is 342 Å². The highest BCUT2D eigenvalue weighted by Crippen LogP contribution is 2.35. The molecule has 4 aromatic carbocycles. The van der Waals surface area contributed by atoms with E-state index in [2.05, 4.69) is 53.1 Å². The Kier molecular flexibility index (Phi) is 14.2. The summed E-state index contributed by atoms with van der Waals surface area (Å²) in [6.07, 6.45) is 3.29. The monoisotopic (exact) mass is 838 g/mol. The number of quaternary nitrogens is 2. The molecule has 0 atom stereocenters. The molecule has 17 heteroatoms. The molecular weight excluding hydrogens is 789 g/mol. The Morgan fingerprint density at radius 3 is 1.23 bits per heavy atom. The van der Waals surface area contributed by atoms with Crippen LogP contribution in [-0.4, -0.2) is 140 Å². The largest absolute Gasteiger partial charge is 0.759 e. The van der Waals surface area contributed by atoms with Crippen LogP contribution in [0, 0.1) is 0 Å². The number of benzene rings is 4. The van der Waals surface area contributed by atoms with Crippen molar-refractivity contribution in [2.75, 3.05) is 80.0 Å². The van der Waals surface area contributed by atoms with E-state index in [0.29, 0.717) is 35.3 Å². The molecule has 2 heterocycles. The summed E-state index contributed by atoms with van der Waals surface area (Å²) in [5.41, 5.74) is 10.6. The molecule has 0 saturated heterocycles. The SMILES string of the molecule is C[N+](C)(C)CCCNN1C(=O)c2cccc3c(CCSSCCc4ccc5c6c(cccc46)C(=O)N(NCCC[N+](C)(C)C)C5=O)ccc(c23)C1=O.O=S(=O)([O-])[O-]. The van der Waals surface area contributed by atoms with Crippen molar-refractivity contribution in [3.63, 3.8) is 0 Å². The Bertz CT molecular complexity index is 2090. The molecule has 0 fully saturated rings. The van der Waals surface area contributed by atoms with E-state index < -0.39 is 10.4 Å². The Hall–Kier alpha value is -3.91. The molecule has 0 aromatic heterocycles. The number of nitrogens with one attached hydrogen (secondary N) is 2. The lowest BCUT2D eigenvalue weighted by Gasteiger charge is -2.29. The van der Waals surface area contributed by atoms with Crippen molar-refractivity contribution in [2.45, 2.75) is 25.7 Å². The molecular formula is C40H50N6O8S3. The average molecular weight is 839 g/mol. The van der Waals surface area contributed by atoms with Gasteiger partial charge in [0, 0.05) is 58.6 Å². The summed E-state index contributed by atoms with van der Waals surface area (Å²) in [6.45, 7) is 2.95. The molecule has 0 unspecified atom stereocenters.